The highest BCUT2D eigenvalue weighted by atomic mass is 32.3. The third kappa shape index (κ3) is 2.14. The summed E-state index contributed by atoms with van der Waals surface area (Å²) in [5.74, 6) is 0. The molecule has 0 amide bonds. The van der Waals surface area contributed by atoms with Gasteiger partial charge in [-0.2, -0.15) is 0 Å². The van der Waals surface area contributed by atoms with Crippen LogP contribution in [0.4, 0.5) is 0 Å². The molecule has 58 valence electrons. The molecule has 0 fully saturated rings. The zero-order valence-corrected chi connectivity index (χ0v) is 7.57. The van der Waals surface area contributed by atoms with E-state index in [-0.39, 0.29) is 0 Å². The average molecular weight is 152 g/mol. The summed E-state index contributed by atoms with van der Waals surface area (Å²) in [6, 6.07) is 0. The van der Waals surface area contributed by atoms with Gasteiger partial charge in [0.2, 0.25) is 0 Å². The molecule has 0 aromatic heterocycles. The zero-order chi connectivity index (χ0) is 7.65. The molecule has 0 unspecified atom stereocenters. The Balaban J connectivity index is 4.01. The van der Waals surface area contributed by atoms with Gasteiger partial charge in [0, 0.05) is 7.05 Å². The fraction of sp³-hybridized carbons (Fsp3) is 1.00. The fourth-order valence-corrected chi connectivity index (χ4v) is 0.709. The van der Waals surface area contributed by atoms with E-state index < -0.39 is 10.4 Å². The van der Waals surface area contributed by atoms with E-state index in [1.165, 1.54) is 4.47 Å². The molecule has 4 heteroatoms. The molecule has 0 bridgehead atoms. The predicted octanol–water partition coefficient (Wildman–Crippen LogP) is 0.763. The largest absolute Gasteiger partial charge is 0.304 e. The minimum absolute atomic E-state index is 1.09. The van der Waals surface area contributed by atoms with Crippen molar-refractivity contribution < 1.29 is 5.21 Å². The van der Waals surface area contributed by atoms with Crippen LogP contribution < -0.4 is 0 Å². The minimum Gasteiger partial charge on any atom is -0.304 e. The third-order valence-corrected chi connectivity index (χ3v) is 4.62. The van der Waals surface area contributed by atoms with E-state index in [4.69, 9.17) is 5.21 Å². The molecule has 0 spiro atoms. The van der Waals surface area contributed by atoms with Gasteiger partial charge in [-0.15, -0.1) is 14.9 Å². The van der Waals surface area contributed by atoms with Crippen LogP contribution in [0.2, 0.25) is 0 Å². The number of rotatable bonds is 2. The first-order valence-corrected chi connectivity index (χ1v) is 5.09. The van der Waals surface area contributed by atoms with Gasteiger partial charge < -0.3 is 5.21 Å². The Hall–Kier alpha value is 0.230. The normalized spacial score (nSPS) is 15.1. The number of hydrogen-bond donors (Lipinski definition) is 1. The van der Waals surface area contributed by atoms with Crippen molar-refractivity contribution in [1.29, 1.82) is 0 Å². The SMILES string of the molecule is CN(C)S(C)(C)N(C)O. The number of hydroxylamine groups is 1. The Morgan fingerprint density at radius 1 is 1.11 bits per heavy atom. The highest BCUT2D eigenvalue weighted by Gasteiger charge is 2.17. The lowest BCUT2D eigenvalue weighted by Gasteiger charge is -2.42. The van der Waals surface area contributed by atoms with E-state index in [1.807, 2.05) is 30.9 Å². The van der Waals surface area contributed by atoms with Crippen LogP contribution in [-0.2, 0) is 0 Å². The first kappa shape index (κ1) is 9.23. The smallest absolute Gasteiger partial charge is 0.0235 e. The monoisotopic (exact) mass is 152 g/mol. The van der Waals surface area contributed by atoms with Crippen molar-refractivity contribution in [2.75, 3.05) is 33.7 Å². The number of nitrogens with zero attached hydrogens (tertiary/aromatic N) is 2. The van der Waals surface area contributed by atoms with Crippen LogP contribution in [0.25, 0.3) is 0 Å². The van der Waals surface area contributed by atoms with Crippen LogP contribution >= 0.6 is 10.4 Å². The lowest BCUT2D eigenvalue weighted by atomic mass is 11.3. The standard InChI is InChI=1S/C5H16N2OS/c1-6(2)9(4,5)7(3)8/h8H,1-5H3. The van der Waals surface area contributed by atoms with Gasteiger partial charge in [0.05, 0.1) is 0 Å². The molecule has 0 atom stereocenters. The summed E-state index contributed by atoms with van der Waals surface area (Å²) >= 11 is 0. The van der Waals surface area contributed by atoms with Crippen molar-refractivity contribution in [2.24, 2.45) is 0 Å². The maximum atomic E-state index is 9.08. The van der Waals surface area contributed by atoms with Gasteiger partial charge >= 0.3 is 0 Å². The first-order valence-electron chi connectivity index (χ1n) is 2.72. The van der Waals surface area contributed by atoms with Crippen LogP contribution in [0.3, 0.4) is 0 Å². The van der Waals surface area contributed by atoms with Crippen LogP contribution in [0, 0.1) is 0 Å². The topological polar surface area (TPSA) is 26.7 Å². The van der Waals surface area contributed by atoms with Crippen molar-refractivity contribution in [3.63, 3.8) is 0 Å². The van der Waals surface area contributed by atoms with Gasteiger partial charge in [-0.3, -0.25) is 4.31 Å². The van der Waals surface area contributed by atoms with Crippen LogP contribution in [0.1, 0.15) is 0 Å². The van der Waals surface area contributed by atoms with Crippen LogP contribution in [-0.4, -0.2) is 47.6 Å². The van der Waals surface area contributed by atoms with Gasteiger partial charge in [-0.25, -0.2) is 0 Å². The van der Waals surface area contributed by atoms with Crippen molar-refractivity contribution in [1.82, 2.24) is 8.77 Å². The van der Waals surface area contributed by atoms with Gasteiger partial charge in [0.1, 0.15) is 0 Å². The predicted molar refractivity (Wildman–Crippen MR) is 42.7 cm³/mol. The van der Waals surface area contributed by atoms with Gasteiger partial charge in [-0.1, -0.05) is 0 Å². The van der Waals surface area contributed by atoms with E-state index in [0.717, 1.165) is 0 Å². The molecule has 1 N–H and O–H groups in total. The minimum atomic E-state index is -1.09. The van der Waals surface area contributed by atoms with Crippen molar-refractivity contribution in [3.05, 3.63) is 0 Å². The summed E-state index contributed by atoms with van der Waals surface area (Å²) in [7, 11) is 4.50. The second-order valence-corrected chi connectivity index (χ2v) is 6.20. The van der Waals surface area contributed by atoms with Gasteiger partial charge in [0.15, 0.2) is 0 Å². The molecule has 0 rings (SSSR count). The highest BCUT2D eigenvalue weighted by molar-refractivity contribution is 8.28. The molecule has 0 heterocycles. The van der Waals surface area contributed by atoms with Crippen LogP contribution in [0.5, 0.6) is 0 Å². The molecule has 0 aliphatic heterocycles. The van der Waals surface area contributed by atoms with Crippen molar-refractivity contribution in [3.8, 4) is 0 Å². The first-order chi connectivity index (χ1) is 3.89. The zero-order valence-electron chi connectivity index (χ0n) is 6.75. The maximum Gasteiger partial charge on any atom is 0.0235 e. The van der Waals surface area contributed by atoms with E-state index in [2.05, 4.69) is 0 Å². The summed E-state index contributed by atoms with van der Waals surface area (Å²) in [5, 5.41) is 9.08. The van der Waals surface area contributed by atoms with Crippen molar-refractivity contribution >= 4 is 10.4 Å². The van der Waals surface area contributed by atoms with E-state index in [9.17, 15) is 0 Å². The summed E-state index contributed by atoms with van der Waals surface area (Å²) in [5.41, 5.74) is 0. The molecule has 0 aromatic carbocycles. The Kier molecular flexibility index (Phi) is 2.95. The Labute approximate surface area is 58.8 Å². The van der Waals surface area contributed by atoms with Crippen LogP contribution in [0.15, 0.2) is 0 Å². The molecular weight excluding hydrogens is 136 g/mol. The second kappa shape index (κ2) is 2.88. The molecule has 0 aliphatic rings. The summed E-state index contributed by atoms with van der Waals surface area (Å²) in [6.07, 6.45) is 4.04. The second-order valence-electron chi connectivity index (χ2n) is 2.50. The van der Waals surface area contributed by atoms with Gasteiger partial charge in [0.25, 0.3) is 0 Å². The Morgan fingerprint density at radius 3 is 1.44 bits per heavy atom. The molecule has 0 saturated carbocycles. The lowest BCUT2D eigenvalue weighted by molar-refractivity contribution is 0.0349. The quantitative estimate of drug-likeness (QED) is 0.592. The number of hydrogen-bond acceptors (Lipinski definition) is 3. The molecule has 0 saturated heterocycles. The molecular formula is C5H16N2OS. The molecule has 0 aliphatic carbocycles. The van der Waals surface area contributed by atoms with E-state index in [1.54, 1.807) is 7.05 Å². The van der Waals surface area contributed by atoms with Gasteiger partial charge in [-0.05, 0) is 26.6 Å². The third-order valence-electron chi connectivity index (χ3n) is 1.54. The van der Waals surface area contributed by atoms with E-state index >= 15 is 0 Å². The highest BCUT2D eigenvalue weighted by Crippen LogP contribution is 2.42. The lowest BCUT2D eigenvalue weighted by Crippen LogP contribution is -2.29. The summed E-state index contributed by atoms with van der Waals surface area (Å²) in [6.45, 7) is 0. The summed E-state index contributed by atoms with van der Waals surface area (Å²) < 4.78 is 3.29. The Bertz CT molecular complexity index is 83.0. The summed E-state index contributed by atoms with van der Waals surface area (Å²) in [4.78, 5) is 0. The molecule has 9 heavy (non-hydrogen) atoms. The Morgan fingerprint density at radius 2 is 1.44 bits per heavy atom. The molecule has 0 radical (unpaired) electrons. The molecule has 0 aromatic rings. The average Bonchev–Trinajstić information content (AvgIpc) is 1.65. The molecule has 3 nitrogen and oxygen atoms in total. The van der Waals surface area contributed by atoms with Crippen molar-refractivity contribution in [2.45, 2.75) is 0 Å². The fourth-order valence-electron chi connectivity index (χ4n) is 0.236. The van der Waals surface area contributed by atoms with E-state index in [0.29, 0.717) is 0 Å². The maximum absolute atomic E-state index is 9.08.